The molecule has 72 valence electrons. The molecule has 0 aromatic carbocycles. The van der Waals surface area contributed by atoms with E-state index >= 15 is 0 Å². The molecular weight excluding hydrogens is 270 g/mol. The first-order valence-corrected chi connectivity index (χ1v) is 3.19. The Balaban J connectivity index is -0.0000000303. The normalized spacial score (nSPS) is 5.58. The van der Waals surface area contributed by atoms with Crippen LogP contribution >= 0.6 is 0 Å². The summed E-state index contributed by atoms with van der Waals surface area (Å²) in [7, 11) is 0. The van der Waals surface area contributed by atoms with Crippen molar-refractivity contribution in [3.8, 4) is 0 Å². The van der Waals surface area contributed by atoms with Crippen LogP contribution in [0.4, 0.5) is 0 Å². The van der Waals surface area contributed by atoms with Crippen LogP contribution in [0.25, 0.3) is 0 Å². The van der Waals surface area contributed by atoms with Crippen molar-refractivity contribution < 1.29 is 61.2 Å². The van der Waals surface area contributed by atoms with Gasteiger partial charge in [0.15, 0.2) is 0 Å². The Morgan fingerprint density at radius 1 is 1.42 bits per heavy atom. The summed E-state index contributed by atoms with van der Waals surface area (Å²) in [5, 5.41) is 7.99. The molecule has 5 heteroatoms. The number of nitrogens with two attached hydrogens (primary N) is 1. The van der Waals surface area contributed by atoms with Gasteiger partial charge in [0, 0.05) is 57.7 Å². The Morgan fingerprint density at radius 2 is 1.75 bits per heavy atom. The maximum absolute atomic E-state index is 9.70. The summed E-state index contributed by atoms with van der Waals surface area (Å²) in [4.78, 5) is 9.70. The summed E-state index contributed by atoms with van der Waals surface area (Å²) in [5.74, 6) is -0.773. The van der Waals surface area contributed by atoms with E-state index in [1.807, 2.05) is 13.8 Å². The molecular formula is C7H19NO2VY. The Labute approximate surface area is 113 Å². The van der Waals surface area contributed by atoms with E-state index in [0.717, 1.165) is 0 Å². The average molecular weight is 289 g/mol. The zero-order valence-electron chi connectivity index (χ0n) is 7.08. The van der Waals surface area contributed by atoms with Gasteiger partial charge in [0.25, 0.3) is 0 Å². The molecule has 3 N–H and O–H groups in total. The molecule has 2 radical (unpaired) electrons. The van der Waals surface area contributed by atoms with Crippen LogP contribution in [0.1, 0.15) is 34.1 Å². The van der Waals surface area contributed by atoms with Gasteiger partial charge in [-0.1, -0.05) is 21.3 Å². The third kappa shape index (κ3) is 43.5. The van der Waals surface area contributed by atoms with Crippen molar-refractivity contribution in [1.29, 1.82) is 0 Å². The molecule has 0 heterocycles. The average Bonchev–Trinajstić information content (AvgIpc) is 1.88. The van der Waals surface area contributed by atoms with Crippen molar-refractivity contribution in [3.63, 3.8) is 0 Å². The van der Waals surface area contributed by atoms with Crippen LogP contribution in [-0.2, 0) is 56.1 Å². The second-order valence-electron chi connectivity index (χ2n) is 1.29. The summed E-state index contributed by atoms with van der Waals surface area (Å²) in [5.41, 5.74) is 5.01. The van der Waals surface area contributed by atoms with E-state index < -0.39 is 5.97 Å². The Bertz CT molecular complexity index is 74.4. The maximum atomic E-state index is 9.70. The minimum atomic E-state index is -0.773. The van der Waals surface area contributed by atoms with Gasteiger partial charge in [-0.15, -0.1) is 0 Å². The van der Waals surface area contributed by atoms with E-state index in [1.54, 1.807) is 0 Å². The van der Waals surface area contributed by atoms with Crippen LogP contribution in [0.3, 0.4) is 0 Å². The van der Waals surface area contributed by atoms with E-state index in [1.165, 1.54) is 0 Å². The topological polar surface area (TPSA) is 63.3 Å². The van der Waals surface area contributed by atoms with Gasteiger partial charge in [0.1, 0.15) is 0 Å². The number of aliphatic carboxylic acids is 1. The van der Waals surface area contributed by atoms with Crippen LogP contribution in [0.15, 0.2) is 0 Å². The van der Waals surface area contributed by atoms with E-state index in [2.05, 4.69) is 0 Å². The molecule has 0 aliphatic rings. The summed E-state index contributed by atoms with van der Waals surface area (Å²) >= 11 is 0. The van der Waals surface area contributed by atoms with Crippen LogP contribution in [-0.4, -0.2) is 17.6 Å². The van der Waals surface area contributed by atoms with Crippen molar-refractivity contribution in [2.75, 3.05) is 6.54 Å². The largest absolute Gasteiger partial charge is 0.481 e. The third-order valence-corrected chi connectivity index (χ3v) is 0.595. The fourth-order valence-corrected chi connectivity index (χ4v) is 0.253. The first kappa shape index (κ1) is 29.2. The summed E-state index contributed by atoms with van der Waals surface area (Å²) in [6.45, 7) is 4.46. The first-order valence-electron chi connectivity index (χ1n) is 3.19. The van der Waals surface area contributed by atoms with Crippen molar-refractivity contribution >= 4 is 5.97 Å². The fraction of sp³-hybridized carbons (Fsp3) is 0.857. The fourth-order valence-electron chi connectivity index (χ4n) is 0.253. The van der Waals surface area contributed by atoms with Gasteiger partial charge in [0.2, 0.25) is 0 Å². The van der Waals surface area contributed by atoms with Gasteiger partial charge in [-0.05, 0) is 13.0 Å². The van der Waals surface area contributed by atoms with E-state index in [0.29, 0.717) is 13.0 Å². The van der Waals surface area contributed by atoms with Gasteiger partial charge in [0.05, 0.1) is 0 Å². The molecule has 0 fully saturated rings. The first-order chi connectivity index (χ1) is 4.27. The quantitative estimate of drug-likeness (QED) is 0.827. The van der Waals surface area contributed by atoms with E-state index in [-0.39, 0.29) is 65.1 Å². The van der Waals surface area contributed by atoms with Crippen LogP contribution < -0.4 is 5.73 Å². The van der Waals surface area contributed by atoms with Crippen LogP contribution in [0, 0.1) is 0 Å². The minimum absolute atomic E-state index is 0. The number of rotatable bonds is 3. The molecule has 0 saturated carbocycles. The molecule has 0 saturated heterocycles. The second-order valence-corrected chi connectivity index (χ2v) is 1.29. The SMILES string of the molecule is C.CC.NCCCC(=O)O.[V].[Y]. The van der Waals surface area contributed by atoms with E-state index in [4.69, 9.17) is 10.8 Å². The molecule has 0 amide bonds. The number of carboxylic acids is 1. The smallest absolute Gasteiger partial charge is 0.303 e. The maximum Gasteiger partial charge on any atom is 0.303 e. The molecule has 0 aromatic heterocycles. The molecule has 0 unspecified atom stereocenters. The Kier molecular flexibility index (Phi) is 72.0. The Morgan fingerprint density at radius 3 is 1.83 bits per heavy atom. The van der Waals surface area contributed by atoms with Crippen molar-refractivity contribution in [1.82, 2.24) is 0 Å². The number of hydrogen-bond donors (Lipinski definition) is 2. The molecule has 3 nitrogen and oxygen atoms in total. The van der Waals surface area contributed by atoms with Gasteiger partial charge >= 0.3 is 5.97 Å². The van der Waals surface area contributed by atoms with Gasteiger partial charge in [-0.2, -0.15) is 0 Å². The summed E-state index contributed by atoms with van der Waals surface area (Å²) in [6, 6.07) is 0. The van der Waals surface area contributed by atoms with Gasteiger partial charge in [-0.3, -0.25) is 4.79 Å². The number of carbonyl (C=O) groups is 1. The van der Waals surface area contributed by atoms with Crippen molar-refractivity contribution in [2.24, 2.45) is 5.73 Å². The predicted octanol–water partition coefficient (Wildman–Crippen LogP) is 1.47. The number of hydrogen-bond acceptors (Lipinski definition) is 2. The van der Waals surface area contributed by atoms with E-state index in [9.17, 15) is 4.79 Å². The number of carboxylic acid groups (broad SMARTS) is 1. The third-order valence-electron chi connectivity index (χ3n) is 0.595. The molecule has 0 aliphatic heterocycles. The Hall–Kier alpha value is 1.12. The zero-order valence-corrected chi connectivity index (χ0v) is 11.3. The molecule has 0 aliphatic carbocycles. The molecule has 0 aromatic rings. The molecule has 0 atom stereocenters. The standard InChI is InChI=1S/C4H9NO2.C2H6.CH4.V.Y/c5-3-1-2-4(6)7;1-2;;;/h1-3,5H2,(H,6,7);1-2H3;1H4;;. The van der Waals surface area contributed by atoms with Gasteiger partial charge in [-0.25, -0.2) is 0 Å². The summed E-state index contributed by atoms with van der Waals surface area (Å²) < 4.78 is 0. The molecule has 0 rings (SSSR count). The van der Waals surface area contributed by atoms with Crippen molar-refractivity contribution in [2.45, 2.75) is 34.1 Å². The van der Waals surface area contributed by atoms with Crippen molar-refractivity contribution in [3.05, 3.63) is 0 Å². The monoisotopic (exact) mass is 289 g/mol. The minimum Gasteiger partial charge on any atom is -0.481 e. The molecule has 12 heavy (non-hydrogen) atoms. The molecule has 0 spiro atoms. The van der Waals surface area contributed by atoms with Gasteiger partial charge < -0.3 is 10.8 Å². The van der Waals surface area contributed by atoms with Crippen LogP contribution in [0.2, 0.25) is 0 Å². The predicted molar refractivity (Wildman–Crippen MR) is 44.0 cm³/mol. The summed E-state index contributed by atoms with van der Waals surface area (Å²) in [6.07, 6.45) is 0.770. The second kappa shape index (κ2) is 29.6. The molecule has 0 bridgehead atoms. The zero-order chi connectivity index (χ0) is 7.70. The van der Waals surface area contributed by atoms with Crippen LogP contribution in [0.5, 0.6) is 0 Å².